The average Bonchev–Trinajstić information content (AvgIpc) is 3.08. The molecule has 0 bridgehead atoms. The second kappa shape index (κ2) is 8.71. The summed E-state index contributed by atoms with van der Waals surface area (Å²) in [7, 11) is 5.66. The van der Waals surface area contributed by atoms with Crippen molar-refractivity contribution in [3.8, 4) is 5.75 Å². The molecule has 28 heavy (non-hydrogen) atoms. The zero-order valence-electron chi connectivity index (χ0n) is 17.2. The quantitative estimate of drug-likeness (QED) is 0.603. The fourth-order valence-electron chi connectivity index (χ4n) is 3.07. The average molecular weight is 398 g/mol. The standard InChI is InChI=1S/C22H27N3O2S/c1-15-9-10-16(2)17(13-15)14-20(26)25(12-11-24(3)4)22-23-21-18(27-5)7-6-8-19(21)28-22/h6-10,13H,11-12,14H2,1-5H3. The second-order valence-electron chi connectivity index (χ2n) is 7.26. The van der Waals surface area contributed by atoms with E-state index in [4.69, 9.17) is 9.72 Å². The number of fused-ring (bicyclic) bond motifs is 1. The highest BCUT2D eigenvalue weighted by molar-refractivity contribution is 7.22. The van der Waals surface area contributed by atoms with Gasteiger partial charge in [-0.15, -0.1) is 0 Å². The Bertz CT molecular complexity index is 981. The first-order valence-corrected chi connectivity index (χ1v) is 10.2. The lowest BCUT2D eigenvalue weighted by molar-refractivity contribution is -0.118. The Kier molecular flexibility index (Phi) is 6.31. The van der Waals surface area contributed by atoms with E-state index in [9.17, 15) is 4.79 Å². The molecule has 5 nitrogen and oxygen atoms in total. The zero-order valence-corrected chi connectivity index (χ0v) is 18.0. The van der Waals surface area contributed by atoms with Crippen LogP contribution in [-0.2, 0) is 11.2 Å². The number of amides is 1. The smallest absolute Gasteiger partial charge is 0.233 e. The van der Waals surface area contributed by atoms with Crippen LogP contribution in [0.3, 0.4) is 0 Å². The van der Waals surface area contributed by atoms with Crippen LogP contribution < -0.4 is 9.64 Å². The Morgan fingerprint density at radius 3 is 2.64 bits per heavy atom. The van der Waals surface area contributed by atoms with Gasteiger partial charge in [0.05, 0.1) is 18.2 Å². The first kappa shape index (κ1) is 20.3. The topological polar surface area (TPSA) is 45.7 Å². The summed E-state index contributed by atoms with van der Waals surface area (Å²) < 4.78 is 6.45. The molecule has 0 spiro atoms. The molecular formula is C22H27N3O2S. The number of methoxy groups -OCH3 is 1. The van der Waals surface area contributed by atoms with Gasteiger partial charge in [0, 0.05) is 13.1 Å². The van der Waals surface area contributed by atoms with Gasteiger partial charge in [0.2, 0.25) is 5.91 Å². The Morgan fingerprint density at radius 1 is 1.14 bits per heavy atom. The van der Waals surface area contributed by atoms with Crippen molar-refractivity contribution < 1.29 is 9.53 Å². The number of hydrogen-bond acceptors (Lipinski definition) is 5. The van der Waals surface area contributed by atoms with E-state index in [1.54, 1.807) is 7.11 Å². The lowest BCUT2D eigenvalue weighted by Gasteiger charge is -2.22. The maximum absolute atomic E-state index is 13.3. The Hall–Kier alpha value is -2.44. The van der Waals surface area contributed by atoms with Crippen molar-refractivity contribution in [3.05, 3.63) is 53.1 Å². The zero-order chi connectivity index (χ0) is 20.3. The number of nitrogens with zero attached hydrogens (tertiary/aromatic N) is 3. The number of carbonyl (C=O) groups is 1. The first-order valence-electron chi connectivity index (χ1n) is 9.34. The van der Waals surface area contributed by atoms with E-state index < -0.39 is 0 Å². The molecule has 0 aliphatic carbocycles. The number of ether oxygens (including phenoxy) is 1. The van der Waals surface area contributed by atoms with Gasteiger partial charge < -0.3 is 9.64 Å². The van der Waals surface area contributed by atoms with Crippen molar-refractivity contribution in [2.75, 3.05) is 39.2 Å². The lowest BCUT2D eigenvalue weighted by Crippen LogP contribution is -2.37. The summed E-state index contributed by atoms with van der Waals surface area (Å²) in [5.74, 6) is 0.795. The molecule has 0 fully saturated rings. The second-order valence-corrected chi connectivity index (χ2v) is 8.27. The number of benzene rings is 2. The van der Waals surface area contributed by atoms with E-state index in [1.165, 1.54) is 11.3 Å². The van der Waals surface area contributed by atoms with Crippen molar-refractivity contribution in [2.24, 2.45) is 0 Å². The van der Waals surface area contributed by atoms with E-state index in [1.807, 2.05) is 37.2 Å². The monoisotopic (exact) mass is 397 g/mol. The Labute approximate surface area is 170 Å². The number of aryl methyl sites for hydroxylation is 2. The van der Waals surface area contributed by atoms with Crippen LogP contribution in [0.2, 0.25) is 0 Å². The lowest BCUT2D eigenvalue weighted by atomic mass is 10.0. The number of rotatable bonds is 7. The largest absolute Gasteiger partial charge is 0.494 e. The summed E-state index contributed by atoms with van der Waals surface area (Å²) >= 11 is 1.53. The van der Waals surface area contributed by atoms with Gasteiger partial charge in [0.1, 0.15) is 11.3 Å². The summed E-state index contributed by atoms with van der Waals surface area (Å²) in [6, 6.07) is 12.1. The van der Waals surface area contributed by atoms with Crippen LogP contribution in [0.5, 0.6) is 5.75 Å². The molecular weight excluding hydrogens is 370 g/mol. The van der Waals surface area contributed by atoms with Gasteiger partial charge in [0.15, 0.2) is 5.13 Å². The minimum Gasteiger partial charge on any atom is -0.494 e. The predicted molar refractivity (Wildman–Crippen MR) is 117 cm³/mol. The van der Waals surface area contributed by atoms with E-state index in [0.29, 0.717) is 13.0 Å². The van der Waals surface area contributed by atoms with Crippen LogP contribution in [0.25, 0.3) is 10.2 Å². The number of thiazole rings is 1. The Morgan fingerprint density at radius 2 is 1.93 bits per heavy atom. The first-order chi connectivity index (χ1) is 13.4. The normalized spacial score (nSPS) is 11.2. The highest BCUT2D eigenvalue weighted by atomic mass is 32.1. The van der Waals surface area contributed by atoms with Crippen LogP contribution in [0.1, 0.15) is 16.7 Å². The molecule has 0 saturated heterocycles. The van der Waals surface area contributed by atoms with Crippen LogP contribution in [0.15, 0.2) is 36.4 Å². The van der Waals surface area contributed by atoms with Crippen LogP contribution in [0.4, 0.5) is 5.13 Å². The SMILES string of the molecule is COc1cccc2sc(N(CCN(C)C)C(=O)Cc3cc(C)ccc3C)nc12. The fourth-order valence-corrected chi connectivity index (χ4v) is 4.09. The summed E-state index contributed by atoms with van der Waals surface area (Å²) in [5.41, 5.74) is 4.17. The molecule has 2 aromatic carbocycles. The molecule has 1 aromatic heterocycles. The van der Waals surface area contributed by atoms with Crippen LogP contribution >= 0.6 is 11.3 Å². The molecule has 0 saturated carbocycles. The molecule has 0 radical (unpaired) electrons. The number of carbonyl (C=O) groups excluding carboxylic acids is 1. The minimum absolute atomic E-state index is 0.0635. The molecule has 148 valence electrons. The van der Waals surface area contributed by atoms with Crippen molar-refractivity contribution in [1.29, 1.82) is 0 Å². The third-order valence-electron chi connectivity index (χ3n) is 4.74. The molecule has 0 aliphatic heterocycles. The van der Waals surface area contributed by atoms with E-state index in [-0.39, 0.29) is 5.91 Å². The van der Waals surface area contributed by atoms with Crippen molar-refractivity contribution in [2.45, 2.75) is 20.3 Å². The van der Waals surface area contributed by atoms with E-state index in [0.717, 1.165) is 44.3 Å². The molecule has 0 unspecified atom stereocenters. The maximum atomic E-state index is 13.3. The summed E-state index contributed by atoms with van der Waals surface area (Å²) in [4.78, 5) is 21.9. The van der Waals surface area contributed by atoms with Gasteiger partial charge in [-0.05, 0) is 51.2 Å². The van der Waals surface area contributed by atoms with Crippen LogP contribution in [-0.4, -0.2) is 50.1 Å². The fraction of sp³-hybridized carbons (Fsp3) is 0.364. The molecule has 3 aromatic rings. The van der Waals surface area contributed by atoms with Crippen molar-refractivity contribution in [1.82, 2.24) is 9.88 Å². The van der Waals surface area contributed by atoms with E-state index >= 15 is 0 Å². The third kappa shape index (κ3) is 4.51. The Balaban J connectivity index is 1.94. The molecule has 0 aliphatic rings. The highest BCUT2D eigenvalue weighted by Crippen LogP contribution is 2.34. The molecule has 1 amide bonds. The number of para-hydroxylation sites is 1. The van der Waals surface area contributed by atoms with Crippen molar-refractivity contribution >= 4 is 32.6 Å². The molecule has 1 heterocycles. The van der Waals surface area contributed by atoms with Crippen LogP contribution in [0, 0.1) is 13.8 Å². The molecule has 0 N–H and O–H groups in total. The van der Waals surface area contributed by atoms with Gasteiger partial charge in [-0.2, -0.15) is 0 Å². The summed E-state index contributed by atoms with van der Waals surface area (Å²) in [6.45, 7) is 5.47. The number of likely N-dealkylation sites (N-methyl/N-ethyl adjacent to an activating group) is 1. The van der Waals surface area contributed by atoms with Gasteiger partial charge in [-0.25, -0.2) is 4.98 Å². The van der Waals surface area contributed by atoms with Gasteiger partial charge in [-0.1, -0.05) is 41.2 Å². The highest BCUT2D eigenvalue weighted by Gasteiger charge is 2.21. The number of anilines is 1. The third-order valence-corrected chi connectivity index (χ3v) is 5.78. The summed E-state index contributed by atoms with van der Waals surface area (Å²) in [6.07, 6.45) is 0.369. The molecule has 0 atom stereocenters. The van der Waals surface area contributed by atoms with Crippen molar-refractivity contribution in [3.63, 3.8) is 0 Å². The minimum atomic E-state index is 0.0635. The maximum Gasteiger partial charge on any atom is 0.233 e. The number of hydrogen-bond donors (Lipinski definition) is 0. The number of aromatic nitrogens is 1. The summed E-state index contributed by atoms with van der Waals surface area (Å²) in [5, 5.41) is 0.719. The van der Waals surface area contributed by atoms with E-state index in [2.05, 4.69) is 36.9 Å². The molecule has 3 rings (SSSR count). The predicted octanol–water partition coefficient (Wildman–Crippen LogP) is 4.06. The molecule has 6 heteroatoms. The van der Waals surface area contributed by atoms with Gasteiger partial charge in [0.25, 0.3) is 0 Å². The van der Waals surface area contributed by atoms with Gasteiger partial charge in [-0.3, -0.25) is 9.69 Å². The van der Waals surface area contributed by atoms with Gasteiger partial charge >= 0.3 is 0 Å².